The van der Waals surface area contributed by atoms with Gasteiger partial charge in [0, 0.05) is 24.3 Å². The van der Waals surface area contributed by atoms with Gasteiger partial charge < -0.3 is 4.90 Å². The number of hydrogen-bond acceptors (Lipinski definition) is 1. The van der Waals surface area contributed by atoms with Crippen LogP contribution in [0.25, 0.3) is 0 Å². The number of benzene rings is 1. The second-order valence-corrected chi connectivity index (χ2v) is 6.75. The third kappa shape index (κ3) is 3.35. The molecule has 1 aromatic rings. The summed E-state index contributed by atoms with van der Waals surface area (Å²) in [4.78, 5) is 14.6. The van der Waals surface area contributed by atoms with Crippen molar-refractivity contribution in [2.75, 3.05) is 13.6 Å². The van der Waals surface area contributed by atoms with Crippen LogP contribution < -0.4 is 0 Å². The lowest BCUT2D eigenvalue weighted by atomic mass is 10.1. The number of amides is 1. The molecule has 0 aliphatic heterocycles. The zero-order chi connectivity index (χ0) is 13.1. The summed E-state index contributed by atoms with van der Waals surface area (Å²) in [6.07, 6.45) is 2.02. The van der Waals surface area contributed by atoms with Crippen LogP contribution in [0.3, 0.4) is 0 Å². The Morgan fingerprint density at radius 3 is 2.72 bits per heavy atom. The number of alkyl halides is 1. The molecular weight excluding hydrogens is 290 g/mol. The van der Waals surface area contributed by atoms with Gasteiger partial charge in [-0.1, -0.05) is 53.2 Å². The summed E-state index contributed by atoms with van der Waals surface area (Å²) in [7, 11) is 1.91. The first-order valence-corrected chi connectivity index (χ1v) is 7.45. The molecule has 98 valence electrons. The average Bonchev–Trinajstić information content (AvgIpc) is 3.16. The molecule has 0 heterocycles. The Labute approximate surface area is 117 Å². The largest absolute Gasteiger partial charge is 0.345 e. The standard InChI is InChI=1S/C15H20BrNO/c1-11(16)8-9-17(2)15(18)14-10-13(14)12-6-4-3-5-7-12/h3-7,11,13-14H,8-10H2,1-2H3. The van der Waals surface area contributed by atoms with Crippen molar-refractivity contribution in [1.29, 1.82) is 0 Å². The van der Waals surface area contributed by atoms with E-state index >= 15 is 0 Å². The molecule has 1 aliphatic rings. The van der Waals surface area contributed by atoms with Crippen molar-refractivity contribution in [3.05, 3.63) is 35.9 Å². The van der Waals surface area contributed by atoms with Gasteiger partial charge in [-0.3, -0.25) is 4.79 Å². The number of rotatable bonds is 5. The molecule has 1 aliphatic carbocycles. The van der Waals surface area contributed by atoms with Crippen LogP contribution in [-0.2, 0) is 4.79 Å². The fourth-order valence-electron chi connectivity index (χ4n) is 2.30. The van der Waals surface area contributed by atoms with E-state index in [-0.39, 0.29) is 5.92 Å². The van der Waals surface area contributed by atoms with E-state index in [1.807, 2.05) is 30.1 Å². The summed E-state index contributed by atoms with van der Waals surface area (Å²) in [5.41, 5.74) is 1.30. The van der Waals surface area contributed by atoms with E-state index in [2.05, 4.69) is 35.0 Å². The highest BCUT2D eigenvalue weighted by molar-refractivity contribution is 9.09. The van der Waals surface area contributed by atoms with Crippen molar-refractivity contribution >= 4 is 21.8 Å². The number of nitrogens with zero attached hydrogens (tertiary/aromatic N) is 1. The first-order valence-electron chi connectivity index (χ1n) is 6.53. The lowest BCUT2D eigenvalue weighted by Gasteiger charge is -2.18. The van der Waals surface area contributed by atoms with Gasteiger partial charge in [-0.05, 0) is 24.3 Å². The third-order valence-corrected chi connectivity index (χ3v) is 4.03. The Hall–Kier alpha value is -0.830. The highest BCUT2D eigenvalue weighted by atomic mass is 79.9. The Balaban J connectivity index is 1.85. The van der Waals surface area contributed by atoms with Gasteiger partial charge in [0.05, 0.1) is 0 Å². The quantitative estimate of drug-likeness (QED) is 0.763. The maximum atomic E-state index is 12.2. The summed E-state index contributed by atoms with van der Waals surface area (Å²) in [5, 5.41) is 0. The molecule has 1 aromatic carbocycles. The molecule has 3 heteroatoms. The molecular formula is C15H20BrNO. The van der Waals surface area contributed by atoms with E-state index in [4.69, 9.17) is 0 Å². The fraction of sp³-hybridized carbons (Fsp3) is 0.533. The number of hydrogen-bond donors (Lipinski definition) is 0. The molecule has 18 heavy (non-hydrogen) atoms. The number of carbonyl (C=O) groups is 1. The molecule has 0 radical (unpaired) electrons. The van der Waals surface area contributed by atoms with Gasteiger partial charge in [0.1, 0.15) is 0 Å². The van der Waals surface area contributed by atoms with Gasteiger partial charge in [0.25, 0.3) is 0 Å². The predicted molar refractivity (Wildman–Crippen MR) is 77.9 cm³/mol. The van der Waals surface area contributed by atoms with Crippen LogP contribution in [0.2, 0.25) is 0 Å². The Kier molecular flexibility index (Phi) is 4.44. The predicted octanol–water partition coefficient (Wildman–Crippen LogP) is 3.42. The van der Waals surface area contributed by atoms with Gasteiger partial charge >= 0.3 is 0 Å². The van der Waals surface area contributed by atoms with Crippen LogP contribution in [-0.4, -0.2) is 29.2 Å². The smallest absolute Gasteiger partial charge is 0.226 e. The molecule has 2 rings (SSSR count). The van der Waals surface area contributed by atoms with Crippen molar-refractivity contribution in [3.63, 3.8) is 0 Å². The van der Waals surface area contributed by atoms with Crippen molar-refractivity contribution in [2.45, 2.75) is 30.5 Å². The number of carbonyl (C=O) groups excluding carboxylic acids is 1. The van der Waals surface area contributed by atoms with Gasteiger partial charge in [-0.25, -0.2) is 0 Å². The maximum Gasteiger partial charge on any atom is 0.226 e. The van der Waals surface area contributed by atoms with Crippen LogP contribution in [0.5, 0.6) is 0 Å². The minimum atomic E-state index is 0.211. The van der Waals surface area contributed by atoms with Gasteiger partial charge in [0.15, 0.2) is 0 Å². The van der Waals surface area contributed by atoms with E-state index in [0.717, 1.165) is 19.4 Å². The minimum Gasteiger partial charge on any atom is -0.345 e. The Morgan fingerprint density at radius 1 is 1.44 bits per heavy atom. The van der Waals surface area contributed by atoms with E-state index in [1.54, 1.807) is 0 Å². The Bertz CT molecular complexity index is 404. The molecule has 1 fully saturated rings. The van der Waals surface area contributed by atoms with Crippen LogP contribution in [0.4, 0.5) is 0 Å². The van der Waals surface area contributed by atoms with Crippen molar-refractivity contribution in [1.82, 2.24) is 4.90 Å². The summed E-state index contributed by atoms with van der Waals surface area (Å²) in [5.74, 6) is 0.961. The Morgan fingerprint density at radius 2 is 2.11 bits per heavy atom. The second-order valence-electron chi connectivity index (χ2n) is 5.19. The van der Waals surface area contributed by atoms with Gasteiger partial charge in [-0.15, -0.1) is 0 Å². The molecule has 1 amide bonds. The van der Waals surface area contributed by atoms with E-state index < -0.39 is 0 Å². The SMILES string of the molecule is CC(Br)CCN(C)C(=O)C1CC1c1ccccc1. The van der Waals surface area contributed by atoms with Crippen LogP contribution in [0.15, 0.2) is 30.3 Å². The third-order valence-electron chi connectivity index (χ3n) is 3.57. The molecule has 3 unspecified atom stereocenters. The fourth-order valence-corrected chi connectivity index (χ4v) is 2.51. The van der Waals surface area contributed by atoms with E-state index in [1.165, 1.54) is 5.56 Å². The van der Waals surface area contributed by atoms with Crippen LogP contribution in [0, 0.1) is 5.92 Å². The highest BCUT2D eigenvalue weighted by Gasteiger charge is 2.44. The molecule has 0 N–H and O–H groups in total. The van der Waals surface area contributed by atoms with Crippen LogP contribution >= 0.6 is 15.9 Å². The second kappa shape index (κ2) is 5.87. The topological polar surface area (TPSA) is 20.3 Å². The molecule has 1 saturated carbocycles. The van der Waals surface area contributed by atoms with Crippen molar-refractivity contribution < 1.29 is 4.79 Å². The number of halogens is 1. The normalized spacial score (nSPS) is 23.5. The summed E-state index contributed by atoms with van der Waals surface area (Å²) < 4.78 is 0. The summed E-state index contributed by atoms with van der Waals surface area (Å²) >= 11 is 3.52. The summed E-state index contributed by atoms with van der Waals surface area (Å²) in [6, 6.07) is 10.4. The van der Waals surface area contributed by atoms with Crippen molar-refractivity contribution in [2.24, 2.45) is 5.92 Å². The lowest BCUT2D eigenvalue weighted by Crippen LogP contribution is -2.30. The molecule has 2 nitrogen and oxygen atoms in total. The van der Waals surface area contributed by atoms with E-state index in [9.17, 15) is 4.79 Å². The lowest BCUT2D eigenvalue weighted by molar-refractivity contribution is -0.131. The first kappa shape index (κ1) is 13.6. The van der Waals surface area contributed by atoms with Gasteiger partial charge in [0.2, 0.25) is 5.91 Å². The maximum absolute atomic E-state index is 12.2. The molecule has 0 spiro atoms. The van der Waals surface area contributed by atoms with Crippen LogP contribution in [0.1, 0.15) is 31.2 Å². The van der Waals surface area contributed by atoms with Crippen molar-refractivity contribution in [3.8, 4) is 0 Å². The minimum absolute atomic E-state index is 0.211. The first-order chi connectivity index (χ1) is 8.59. The molecule has 0 bridgehead atoms. The molecule has 0 saturated heterocycles. The average molecular weight is 310 g/mol. The monoisotopic (exact) mass is 309 g/mol. The molecule has 3 atom stereocenters. The van der Waals surface area contributed by atoms with Gasteiger partial charge in [-0.2, -0.15) is 0 Å². The van der Waals surface area contributed by atoms with E-state index in [0.29, 0.717) is 16.7 Å². The zero-order valence-corrected chi connectivity index (χ0v) is 12.6. The molecule has 0 aromatic heterocycles. The summed E-state index contributed by atoms with van der Waals surface area (Å²) in [6.45, 7) is 2.95. The zero-order valence-electron chi connectivity index (χ0n) is 11.0. The highest BCUT2D eigenvalue weighted by Crippen LogP contribution is 2.48.